The molecule has 0 aliphatic heterocycles. The van der Waals surface area contributed by atoms with E-state index in [-0.39, 0.29) is 18.6 Å². The molecule has 78 valence electrons. The molecule has 0 rings (SSSR count). The Morgan fingerprint density at radius 2 is 2.08 bits per heavy atom. The number of likely N-dealkylation sites (N-methyl/N-ethyl adjacent to an activating group) is 1. The van der Waals surface area contributed by atoms with Gasteiger partial charge in [0.15, 0.2) is 0 Å². The second-order valence-electron chi connectivity index (χ2n) is 3.12. The molecule has 0 aromatic rings. The van der Waals surface area contributed by atoms with Crippen molar-refractivity contribution < 1.29 is 14.6 Å². The molecule has 1 N–H and O–H groups in total. The fourth-order valence-electron chi connectivity index (χ4n) is 1.08. The van der Waals surface area contributed by atoms with Gasteiger partial charge in [0.2, 0.25) is 0 Å². The minimum Gasteiger partial charge on any atom is -0.468 e. The van der Waals surface area contributed by atoms with Crippen LogP contribution in [-0.2, 0) is 9.53 Å². The summed E-state index contributed by atoms with van der Waals surface area (Å²) in [5.74, 6) is -0.269. The maximum atomic E-state index is 11.0. The molecular formula is C9H19NO3. The van der Waals surface area contributed by atoms with Crippen molar-refractivity contribution in [3.63, 3.8) is 0 Å². The van der Waals surface area contributed by atoms with Crippen molar-refractivity contribution in [1.29, 1.82) is 0 Å². The van der Waals surface area contributed by atoms with Gasteiger partial charge in [0.25, 0.3) is 0 Å². The molecule has 0 aromatic carbocycles. The minimum atomic E-state index is -0.440. The summed E-state index contributed by atoms with van der Waals surface area (Å²) in [6.45, 7) is 6.50. The van der Waals surface area contributed by atoms with Crippen LogP contribution in [0.5, 0.6) is 0 Å². The summed E-state index contributed by atoms with van der Waals surface area (Å²) in [7, 11) is 1.36. The smallest absolute Gasteiger partial charge is 0.319 e. The first-order valence-corrected chi connectivity index (χ1v) is 4.51. The van der Waals surface area contributed by atoms with Gasteiger partial charge in [-0.15, -0.1) is 0 Å². The first kappa shape index (κ1) is 12.4. The third-order valence-electron chi connectivity index (χ3n) is 2.24. The van der Waals surface area contributed by atoms with Crippen LogP contribution in [0, 0.1) is 0 Å². The van der Waals surface area contributed by atoms with Crippen LogP contribution >= 0.6 is 0 Å². The van der Waals surface area contributed by atoms with E-state index in [2.05, 4.69) is 4.74 Å². The number of aliphatic hydroxyl groups is 1. The molecule has 0 aliphatic carbocycles. The minimum absolute atomic E-state index is 0.0240. The quantitative estimate of drug-likeness (QED) is 0.630. The zero-order valence-corrected chi connectivity index (χ0v) is 8.78. The summed E-state index contributed by atoms with van der Waals surface area (Å²) in [6, 6.07) is -0.0240. The van der Waals surface area contributed by atoms with Crippen molar-refractivity contribution in [3.8, 4) is 0 Å². The molecule has 0 bridgehead atoms. The number of aliphatic hydroxyl groups excluding tert-OH is 1. The second-order valence-corrected chi connectivity index (χ2v) is 3.12. The molecule has 0 saturated heterocycles. The van der Waals surface area contributed by atoms with Gasteiger partial charge in [0.05, 0.1) is 19.8 Å². The van der Waals surface area contributed by atoms with Crippen LogP contribution < -0.4 is 0 Å². The number of esters is 1. The summed E-state index contributed by atoms with van der Waals surface area (Å²) in [5.41, 5.74) is 0. The third kappa shape index (κ3) is 4.24. The van der Waals surface area contributed by atoms with Gasteiger partial charge in [0, 0.05) is 6.04 Å². The highest BCUT2D eigenvalue weighted by atomic mass is 16.5. The van der Waals surface area contributed by atoms with Crippen molar-refractivity contribution in [1.82, 2.24) is 4.90 Å². The molecule has 0 spiro atoms. The van der Waals surface area contributed by atoms with Gasteiger partial charge >= 0.3 is 5.97 Å². The lowest BCUT2D eigenvalue weighted by Gasteiger charge is -2.28. The summed E-state index contributed by atoms with van der Waals surface area (Å²) >= 11 is 0. The molecule has 0 radical (unpaired) electrons. The van der Waals surface area contributed by atoms with E-state index < -0.39 is 6.10 Å². The molecule has 2 unspecified atom stereocenters. The monoisotopic (exact) mass is 189 g/mol. The number of nitrogens with zero attached hydrogens (tertiary/aromatic N) is 1. The Hall–Kier alpha value is -0.610. The topological polar surface area (TPSA) is 49.8 Å². The molecule has 4 heteroatoms. The van der Waals surface area contributed by atoms with E-state index in [9.17, 15) is 9.90 Å². The van der Waals surface area contributed by atoms with Crippen LogP contribution in [0.4, 0.5) is 0 Å². The summed E-state index contributed by atoms with van der Waals surface area (Å²) < 4.78 is 4.55. The fraction of sp³-hybridized carbons (Fsp3) is 0.889. The van der Waals surface area contributed by atoms with Crippen molar-refractivity contribution >= 4 is 5.97 Å². The normalized spacial score (nSPS) is 15.5. The molecule has 0 amide bonds. The predicted molar refractivity (Wildman–Crippen MR) is 50.4 cm³/mol. The first-order valence-electron chi connectivity index (χ1n) is 4.51. The Morgan fingerprint density at radius 1 is 1.54 bits per heavy atom. The number of hydrogen-bond acceptors (Lipinski definition) is 4. The zero-order valence-electron chi connectivity index (χ0n) is 8.78. The standard InChI is InChI=1S/C9H19NO3/c1-5-10(6-9(12)13-4)7(2)8(3)11/h7-8,11H,5-6H2,1-4H3. The van der Waals surface area contributed by atoms with E-state index >= 15 is 0 Å². The van der Waals surface area contributed by atoms with Crippen LogP contribution in [0.1, 0.15) is 20.8 Å². The van der Waals surface area contributed by atoms with Gasteiger partial charge in [-0.05, 0) is 20.4 Å². The first-order chi connectivity index (χ1) is 6.02. The van der Waals surface area contributed by atoms with E-state index in [0.717, 1.165) is 6.54 Å². The van der Waals surface area contributed by atoms with E-state index in [1.165, 1.54) is 7.11 Å². The van der Waals surface area contributed by atoms with Gasteiger partial charge in [-0.2, -0.15) is 0 Å². The maximum absolute atomic E-state index is 11.0. The predicted octanol–water partition coefficient (Wildman–Crippen LogP) is 0.251. The van der Waals surface area contributed by atoms with Crippen LogP contribution in [0.15, 0.2) is 0 Å². The Kier molecular flexibility index (Phi) is 5.66. The van der Waals surface area contributed by atoms with Gasteiger partial charge in [-0.1, -0.05) is 6.92 Å². The SMILES string of the molecule is CCN(CC(=O)OC)C(C)C(C)O. The Morgan fingerprint density at radius 3 is 2.38 bits per heavy atom. The van der Waals surface area contributed by atoms with Crippen LogP contribution in [-0.4, -0.2) is 48.3 Å². The average molecular weight is 189 g/mol. The van der Waals surface area contributed by atoms with E-state index in [1.807, 2.05) is 18.7 Å². The van der Waals surface area contributed by atoms with Gasteiger partial charge < -0.3 is 9.84 Å². The number of hydrogen-bond donors (Lipinski definition) is 1. The summed E-state index contributed by atoms with van der Waals surface area (Å²) in [4.78, 5) is 12.8. The molecule has 0 aliphatic rings. The lowest BCUT2D eigenvalue weighted by Crippen LogP contribution is -2.43. The van der Waals surface area contributed by atoms with Crippen molar-refractivity contribution in [2.45, 2.75) is 32.9 Å². The van der Waals surface area contributed by atoms with Gasteiger partial charge in [-0.25, -0.2) is 0 Å². The number of rotatable bonds is 5. The molecule has 0 fully saturated rings. The lowest BCUT2D eigenvalue weighted by atomic mass is 10.2. The maximum Gasteiger partial charge on any atom is 0.319 e. The van der Waals surface area contributed by atoms with Crippen LogP contribution in [0.2, 0.25) is 0 Å². The molecule has 0 aromatic heterocycles. The fourth-order valence-corrected chi connectivity index (χ4v) is 1.08. The number of carbonyl (C=O) groups excluding carboxylic acids is 1. The Bertz CT molecular complexity index is 159. The highest BCUT2D eigenvalue weighted by Gasteiger charge is 2.19. The molecule has 0 saturated carbocycles. The average Bonchev–Trinajstić information content (AvgIpc) is 2.12. The highest BCUT2D eigenvalue weighted by Crippen LogP contribution is 2.03. The van der Waals surface area contributed by atoms with Crippen molar-refractivity contribution in [3.05, 3.63) is 0 Å². The second kappa shape index (κ2) is 5.94. The molecular weight excluding hydrogens is 170 g/mol. The molecule has 0 heterocycles. The van der Waals surface area contributed by atoms with Crippen molar-refractivity contribution in [2.75, 3.05) is 20.2 Å². The molecule has 4 nitrogen and oxygen atoms in total. The van der Waals surface area contributed by atoms with Crippen LogP contribution in [0.25, 0.3) is 0 Å². The van der Waals surface area contributed by atoms with Gasteiger partial charge in [0.1, 0.15) is 0 Å². The molecule has 2 atom stereocenters. The number of carbonyl (C=O) groups is 1. The summed E-state index contributed by atoms with van der Waals surface area (Å²) in [5, 5.41) is 9.31. The number of methoxy groups -OCH3 is 1. The van der Waals surface area contributed by atoms with E-state index in [4.69, 9.17) is 0 Å². The summed E-state index contributed by atoms with van der Waals surface area (Å²) in [6.07, 6.45) is -0.440. The number of ether oxygens (including phenoxy) is 1. The third-order valence-corrected chi connectivity index (χ3v) is 2.24. The molecule has 13 heavy (non-hydrogen) atoms. The largest absolute Gasteiger partial charge is 0.468 e. The van der Waals surface area contributed by atoms with E-state index in [1.54, 1.807) is 6.92 Å². The Labute approximate surface area is 79.5 Å². The highest BCUT2D eigenvalue weighted by molar-refractivity contribution is 5.71. The zero-order chi connectivity index (χ0) is 10.4. The van der Waals surface area contributed by atoms with E-state index in [0.29, 0.717) is 0 Å². The lowest BCUT2D eigenvalue weighted by molar-refractivity contribution is -0.142. The van der Waals surface area contributed by atoms with Crippen molar-refractivity contribution in [2.24, 2.45) is 0 Å². The van der Waals surface area contributed by atoms with Gasteiger partial charge in [-0.3, -0.25) is 9.69 Å². The van der Waals surface area contributed by atoms with Crippen LogP contribution in [0.3, 0.4) is 0 Å². The Balaban J connectivity index is 4.09.